The summed E-state index contributed by atoms with van der Waals surface area (Å²) >= 11 is 0. The van der Waals surface area contributed by atoms with Crippen LogP contribution in [0.15, 0.2) is 0 Å². The number of hydrogen-bond acceptors (Lipinski definition) is 1. The van der Waals surface area contributed by atoms with Gasteiger partial charge in [0.05, 0.1) is 0 Å². The van der Waals surface area contributed by atoms with Crippen molar-refractivity contribution in [3.63, 3.8) is 0 Å². The Morgan fingerprint density at radius 2 is 2.14 bits per heavy atom. The van der Waals surface area contributed by atoms with Crippen molar-refractivity contribution in [2.24, 2.45) is 0 Å². The molecule has 0 aliphatic rings. The first-order chi connectivity index (χ1) is 2.91. The molecule has 38 valence electrons. The summed E-state index contributed by atoms with van der Waals surface area (Å²) in [5.74, 6) is 0. The van der Waals surface area contributed by atoms with Crippen molar-refractivity contribution in [2.75, 3.05) is 20.3 Å². The summed E-state index contributed by atoms with van der Waals surface area (Å²) in [4.78, 5) is 0. The van der Waals surface area contributed by atoms with Gasteiger partial charge in [-0.2, -0.15) is 0 Å². The molecule has 0 saturated heterocycles. The maximum atomic E-state index is 6.63. The third kappa shape index (κ3) is 11.2. The summed E-state index contributed by atoms with van der Waals surface area (Å²) in [5, 5.41) is 0. The van der Waals surface area contributed by atoms with E-state index in [2.05, 4.69) is 4.74 Å². The number of hydrogen-bond donors (Lipinski definition) is 0. The summed E-state index contributed by atoms with van der Waals surface area (Å²) in [6.07, 6.45) is 0.858. The molecule has 0 atom stereocenters. The molecule has 0 amide bonds. The minimum Gasteiger partial charge on any atom is -0.677 e. The van der Waals surface area contributed by atoms with Gasteiger partial charge in [0, 0.05) is 13.7 Å². The van der Waals surface area contributed by atoms with E-state index in [1.807, 2.05) is 0 Å². The van der Waals surface area contributed by atoms with Gasteiger partial charge in [-0.3, -0.25) is 0 Å². The van der Waals surface area contributed by atoms with Gasteiger partial charge in [-0.1, -0.05) is 0 Å². The first-order valence-electron chi connectivity index (χ1n) is 2.05. The first kappa shape index (κ1) is 11.4. The summed E-state index contributed by atoms with van der Waals surface area (Å²) in [6, 6.07) is 0. The topological polar surface area (TPSA) is 33.0 Å². The van der Waals surface area contributed by atoms with Crippen LogP contribution in [0, 0.1) is 0 Å². The molecular formula is C4H10KNO. The SMILES string of the molecule is COCCC[NH-].[K+]. The third-order valence-corrected chi connectivity index (χ3v) is 0.525. The van der Waals surface area contributed by atoms with E-state index >= 15 is 0 Å². The van der Waals surface area contributed by atoms with Crippen LogP contribution in [0.4, 0.5) is 0 Å². The molecule has 0 heterocycles. The molecule has 0 aromatic heterocycles. The molecule has 2 nitrogen and oxygen atoms in total. The van der Waals surface area contributed by atoms with E-state index in [1.165, 1.54) is 0 Å². The van der Waals surface area contributed by atoms with E-state index in [-0.39, 0.29) is 51.4 Å². The second-order valence-electron chi connectivity index (χ2n) is 1.10. The van der Waals surface area contributed by atoms with Gasteiger partial charge in [-0.15, -0.1) is 6.54 Å². The van der Waals surface area contributed by atoms with Crippen LogP contribution in [-0.4, -0.2) is 20.3 Å². The normalized spacial score (nSPS) is 7.71. The number of nitrogens with one attached hydrogen (secondary N) is 1. The van der Waals surface area contributed by atoms with Crippen molar-refractivity contribution in [3.05, 3.63) is 5.73 Å². The van der Waals surface area contributed by atoms with Crippen LogP contribution in [0.2, 0.25) is 0 Å². The average Bonchev–Trinajstić information content (AvgIpc) is 1.61. The third-order valence-electron chi connectivity index (χ3n) is 0.525. The van der Waals surface area contributed by atoms with Crippen LogP contribution >= 0.6 is 0 Å². The van der Waals surface area contributed by atoms with Crippen molar-refractivity contribution in [2.45, 2.75) is 6.42 Å². The van der Waals surface area contributed by atoms with Gasteiger partial charge < -0.3 is 10.5 Å². The number of rotatable bonds is 3. The average molecular weight is 127 g/mol. The Kier molecular flexibility index (Phi) is 17.1. The molecule has 0 aromatic rings. The summed E-state index contributed by atoms with van der Waals surface area (Å²) < 4.78 is 4.66. The monoisotopic (exact) mass is 127 g/mol. The standard InChI is InChI=1S/C4H10NO.K/c1-6-4-2-3-5;/h5H,2-4H2,1H3;/q-1;+1. The van der Waals surface area contributed by atoms with Gasteiger partial charge in [0.2, 0.25) is 0 Å². The molecule has 7 heavy (non-hydrogen) atoms. The predicted molar refractivity (Wildman–Crippen MR) is 25.7 cm³/mol. The largest absolute Gasteiger partial charge is 1.00 e. The molecule has 0 bridgehead atoms. The van der Waals surface area contributed by atoms with Crippen molar-refractivity contribution in [1.29, 1.82) is 0 Å². The molecule has 0 aliphatic heterocycles. The Morgan fingerprint density at radius 1 is 1.57 bits per heavy atom. The van der Waals surface area contributed by atoms with Gasteiger partial charge in [0.15, 0.2) is 0 Å². The first-order valence-corrected chi connectivity index (χ1v) is 2.05. The fourth-order valence-corrected chi connectivity index (χ4v) is 0.217. The fourth-order valence-electron chi connectivity index (χ4n) is 0.217. The molecule has 0 fully saturated rings. The van der Waals surface area contributed by atoms with Gasteiger partial charge in [-0.25, -0.2) is 0 Å². The molecule has 0 unspecified atom stereocenters. The Labute approximate surface area is 87.2 Å². The van der Waals surface area contributed by atoms with Crippen LogP contribution in [-0.2, 0) is 4.74 Å². The van der Waals surface area contributed by atoms with Crippen molar-refractivity contribution >= 4 is 0 Å². The van der Waals surface area contributed by atoms with E-state index in [9.17, 15) is 0 Å². The van der Waals surface area contributed by atoms with Crippen LogP contribution in [0.1, 0.15) is 6.42 Å². The molecule has 0 saturated carbocycles. The minimum atomic E-state index is 0. The summed E-state index contributed by atoms with van der Waals surface area (Å²) in [6.45, 7) is 1.21. The fraction of sp³-hybridized carbons (Fsp3) is 1.00. The van der Waals surface area contributed by atoms with Gasteiger partial charge in [0.1, 0.15) is 0 Å². The quantitative estimate of drug-likeness (QED) is 0.321. The van der Waals surface area contributed by atoms with Gasteiger partial charge >= 0.3 is 51.4 Å². The van der Waals surface area contributed by atoms with Crippen LogP contribution in [0.25, 0.3) is 5.73 Å². The maximum Gasteiger partial charge on any atom is 1.00 e. The van der Waals surface area contributed by atoms with E-state index in [0.29, 0.717) is 6.54 Å². The molecule has 0 spiro atoms. The smallest absolute Gasteiger partial charge is 0.677 e. The van der Waals surface area contributed by atoms with Gasteiger partial charge in [0.25, 0.3) is 0 Å². The molecule has 3 heteroatoms. The molecule has 0 rings (SSSR count). The van der Waals surface area contributed by atoms with E-state index in [0.717, 1.165) is 13.0 Å². The zero-order valence-corrected chi connectivity index (χ0v) is 8.15. The molecule has 0 aliphatic carbocycles. The van der Waals surface area contributed by atoms with Crippen LogP contribution in [0.5, 0.6) is 0 Å². The van der Waals surface area contributed by atoms with E-state index < -0.39 is 0 Å². The van der Waals surface area contributed by atoms with Crippen LogP contribution < -0.4 is 51.4 Å². The predicted octanol–water partition coefficient (Wildman–Crippen LogP) is -1.92. The Hall–Kier alpha value is 1.56. The second-order valence-corrected chi connectivity index (χ2v) is 1.10. The minimum absolute atomic E-state index is 0. The number of methoxy groups -OCH3 is 1. The Morgan fingerprint density at radius 3 is 2.29 bits per heavy atom. The number of ether oxygens (including phenoxy) is 1. The summed E-state index contributed by atoms with van der Waals surface area (Å²) in [5.41, 5.74) is 6.63. The van der Waals surface area contributed by atoms with E-state index in [1.54, 1.807) is 7.11 Å². The van der Waals surface area contributed by atoms with Crippen molar-refractivity contribution < 1.29 is 56.1 Å². The van der Waals surface area contributed by atoms with Gasteiger partial charge in [-0.05, 0) is 6.42 Å². The zero-order valence-electron chi connectivity index (χ0n) is 5.03. The Balaban J connectivity index is 0. The zero-order chi connectivity index (χ0) is 4.83. The molecular weight excluding hydrogens is 117 g/mol. The van der Waals surface area contributed by atoms with Crippen molar-refractivity contribution in [3.8, 4) is 0 Å². The summed E-state index contributed by atoms with van der Waals surface area (Å²) in [7, 11) is 1.65. The molecule has 0 aromatic carbocycles. The van der Waals surface area contributed by atoms with E-state index in [4.69, 9.17) is 5.73 Å². The van der Waals surface area contributed by atoms with Crippen LogP contribution in [0.3, 0.4) is 0 Å². The molecule has 0 radical (unpaired) electrons. The Bertz CT molecular complexity index is 23.7. The maximum absolute atomic E-state index is 6.63. The molecule has 1 N–H and O–H groups in total. The van der Waals surface area contributed by atoms with Crippen molar-refractivity contribution in [1.82, 2.24) is 0 Å². The second kappa shape index (κ2) is 10.5.